The topological polar surface area (TPSA) is 140 Å². The van der Waals surface area contributed by atoms with E-state index in [9.17, 15) is 19.2 Å². The number of carbonyl (C=O) groups is 4. The molecular weight excluding hydrogens is 588 g/mol. The van der Waals surface area contributed by atoms with Gasteiger partial charge in [-0.15, -0.1) is 0 Å². The van der Waals surface area contributed by atoms with Gasteiger partial charge < -0.3 is 39.9 Å². The first-order valence-electron chi connectivity index (χ1n) is 16.4. The summed E-state index contributed by atoms with van der Waals surface area (Å²) in [5, 5.41) is 2.57. The molecular formula is C35H64N4O7. The lowest BCUT2D eigenvalue weighted by atomic mass is 9.91. The van der Waals surface area contributed by atoms with Crippen LogP contribution in [0.25, 0.3) is 0 Å². The minimum absolute atomic E-state index is 0.0268. The molecule has 1 fully saturated rings. The van der Waals surface area contributed by atoms with Crippen molar-refractivity contribution in [2.45, 2.75) is 97.9 Å². The summed E-state index contributed by atoms with van der Waals surface area (Å²) in [5.74, 6) is -0.825. The fourth-order valence-corrected chi connectivity index (χ4v) is 5.14. The van der Waals surface area contributed by atoms with Crippen LogP contribution in [0.5, 0.6) is 0 Å². The zero-order chi connectivity index (χ0) is 35.7. The van der Waals surface area contributed by atoms with Gasteiger partial charge in [-0.1, -0.05) is 83.4 Å². The van der Waals surface area contributed by atoms with Gasteiger partial charge in [-0.05, 0) is 39.3 Å². The number of hydrogen-bond acceptors (Lipinski definition) is 9. The number of nitrogens with two attached hydrogens (primary N) is 1. The summed E-state index contributed by atoms with van der Waals surface area (Å²) in [5.41, 5.74) is 6.69. The molecule has 11 nitrogen and oxygen atoms in total. The Morgan fingerprint density at radius 1 is 1.09 bits per heavy atom. The molecule has 11 heteroatoms. The second-order valence-electron chi connectivity index (χ2n) is 11.6. The van der Waals surface area contributed by atoms with Gasteiger partial charge in [0, 0.05) is 33.7 Å². The monoisotopic (exact) mass is 652 g/mol. The van der Waals surface area contributed by atoms with E-state index in [0.29, 0.717) is 0 Å². The van der Waals surface area contributed by atoms with Gasteiger partial charge in [0.2, 0.25) is 11.8 Å². The molecule has 0 bridgehead atoms. The molecule has 1 aromatic carbocycles. The summed E-state index contributed by atoms with van der Waals surface area (Å²) >= 11 is 0. The number of carbonyl (C=O) groups excluding carboxylic acids is 4. The van der Waals surface area contributed by atoms with Crippen molar-refractivity contribution < 1.29 is 33.4 Å². The summed E-state index contributed by atoms with van der Waals surface area (Å²) in [6.45, 7) is 13.2. The summed E-state index contributed by atoms with van der Waals surface area (Å²) in [7, 11) is 8.24. The quantitative estimate of drug-likeness (QED) is 0.227. The molecule has 1 saturated heterocycles. The number of benzene rings is 1. The zero-order valence-electron chi connectivity index (χ0n) is 30.4. The van der Waals surface area contributed by atoms with Crippen molar-refractivity contribution in [3.63, 3.8) is 0 Å². The minimum Gasteiger partial charge on any atom is -0.468 e. The van der Waals surface area contributed by atoms with Crippen LogP contribution in [0.3, 0.4) is 0 Å². The highest BCUT2D eigenvalue weighted by molar-refractivity contribution is 5.83. The van der Waals surface area contributed by atoms with Crippen LogP contribution in [0.15, 0.2) is 30.3 Å². The Hall–Kier alpha value is -2.86. The van der Waals surface area contributed by atoms with E-state index in [4.69, 9.17) is 15.2 Å². The largest absolute Gasteiger partial charge is 0.468 e. The normalized spacial score (nSPS) is 17.1. The number of esters is 1. The number of methoxy groups -OCH3 is 3. The van der Waals surface area contributed by atoms with Crippen molar-refractivity contribution in [3.8, 4) is 0 Å². The van der Waals surface area contributed by atoms with Gasteiger partial charge in [0.15, 0.2) is 0 Å². The lowest BCUT2D eigenvalue weighted by molar-refractivity contribution is -0.142. The first-order chi connectivity index (χ1) is 21.8. The summed E-state index contributed by atoms with van der Waals surface area (Å²) in [4.78, 5) is 49.1. The highest BCUT2D eigenvalue weighted by Gasteiger charge is 2.36. The Bertz CT molecular complexity index is 950. The van der Waals surface area contributed by atoms with Crippen LogP contribution < -0.4 is 11.1 Å². The van der Waals surface area contributed by atoms with Crippen LogP contribution in [0.1, 0.15) is 72.3 Å². The Balaban J connectivity index is 0. The fraction of sp³-hybridized carbons (Fsp3) is 0.714. The molecule has 2 rings (SSSR count). The van der Waals surface area contributed by atoms with Gasteiger partial charge >= 0.3 is 5.97 Å². The van der Waals surface area contributed by atoms with Crippen molar-refractivity contribution >= 4 is 24.1 Å². The third-order valence-corrected chi connectivity index (χ3v) is 7.96. The number of rotatable bonds is 14. The molecule has 3 N–H and O–H groups in total. The molecule has 6 unspecified atom stereocenters. The van der Waals surface area contributed by atoms with E-state index in [1.54, 1.807) is 26.2 Å². The smallest absolute Gasteiger partial charge is 0.325 e. The predicted molar refractivity (Wildman–Crippen MR) is 184 cm³/mol. The van der Waals surface area contributed by atoms with E-state index in [2.05, 4.69) is 47.9 Å². The second kappa shape index (κ2) is 27.3. The van der Waals surface area contributed by atoms with Gasteiger partial charge in [-0.25, -0.2) is 0 Å². The number of hydrogen-bond donors (Lipinski definition) is 2. The Kier molecular flexibility index (Phi) is 26.8. The van der Waals surface area contributed by atoms with Crippen molar-refractivity contribution in [2.24, 2.45) is 17.6 Å². The first-order valence-corrected chi connectivity index (χ1v) is 16.4. The van der Waals surface area contributed by atoms with Crippen molar-refractivity contribution in [3.05, 3.63) is 35.9 Å². The van der Waals surface area contributed by atoms with Gasteiger partial charge in [0.25, 0.3) is 0 Å². The molecule has 6 atom stereocenters. The standard InChI is InChI=1S/C13H24N2O4.C12H24N2O3.C7H8.C3H8/c1-9(13(17)14-8-11(16)18-3)12(19-4)10-6-5-7-15(10)2;1-5-9(2)12(10(17-4)6-7-15)14(3)11(16)8-13;1-7-5-3-2-4-6-7;1-3-2/h9-10,12H,5-8H2,1-4H3,(H,14,17);7,9-10,12H,5-6,8,13H2,1-4H3;2-6H,1H3;3H2,1-2H3. The lowest BCUT2D eigenvalue weighted by Crippen LogP contribution is -2.50. The molecule has 266 valence electrons. The second-order valence-corrected chi connectivity index (χ2v) is 11.6. The minimum atomic E-state index is -0.451. The van der Waals surface area contributed by atoms with Crippen molar-refractivity contribution in [2.75, 3.05) is 55.1 Å². The molecule has 0 aromatic heterocycles. The molecule has 1 heterocycles. The maximum Gasteiger partial charge on any atom is 0.325 e. The van der Waals surface area contributed by atoms with Crippen LogP contribution in [-0.4, -0.2) is 113 Å². The number of aryl methyl sites for hydroxylation is 1. The Morgan fingerprint density at radius 2 is 1.67 bits per heavy atom. The van der Waals surface area contributed by atoms with Crippen molar-refractivity contribution in [1.29, 1.82) is 0 Å². The van der Waals surface area contributed by atoms with Crippen LogP contribution in [0.4, 0.5) is 0 Å². The van der Waals surface area contributed by atoms with Crippen LogP contribution in [0, 0.1) is 18.8 Å². The number of aldehydes is 1. The van der Waals surface area contributed by atoms with Gasteiger partial charge in [0.1, 0.15) is 12.8 Å². The molecule has 0 aliphatic carbocycles. The van der Waals surface area contributed by atoms with E-state index in [1.165, 1.54) is 19.1 Å². The molecule has 1 aliphatic rings. The molecule has 46 heavy (non-hydrogen) atoms. The summed E-state index contributed by atoms with van der Waals surface area (Å²) in [6, 6.07) is 10.4. The Labute approximate surface area is 278 Å². The first kappa shape index (κ1) is 45.3. The van der Waals surface area contributed by atoms with Crippen LogP contribution in [0.2, 0.25) is 0 Å². The van der Waals surface area contributed by atoms with E-state index in [0.717, 1.165) is 32.1 Å². The van der Waals surface area contributed by atoms with Crippen LogP contribution in [-0.2, 0) is 33.4 Å². The molecule has 2 amide bonds. The molecule has 1 aliphatic heterocycles. The number of amides is 2. The average Bonchev–Trinajstić information content (AvgIpc) is 3.48. The van der Waals surface area contributed by atoms with E-state index in [-0.39, 0.29) is 67.5 Å². The van der Waals surface area contributed by atoms with E-state index >= 15 is 0 Å². The Morgan fingerprint density at radius 3 is 2.04 bits per heavy atom. The maximum atomic E-state index is 12.0. The zero-order valence-corrected chi connectivity index (χ0v) is 30.4. The molecule has 0 spiro atoms. The third kappa shape index (κ3) is 17.7. The van der Waals surface area contributed by atoms with Gasteiger partial charge in [-0.3, -0.25) is 14.4 Å². The summed E-state index contributed by atoms with van der Waals surface area (Å²) < 4.78 is 15.3. The fourth-order valence-electron chi connectivity index (χ4n) is 5.14. The molecule has 0 radical (unpaired) electrons. The number of likely N-dealkylation sites (N-methyl/N-ethyl adjacent to an activating group) is 2. The maximum absolute atomic E-state index is 12.0. The molecule has 1 aromatic rings. The van der Waals surface area contributed by atoms with Gasteiger partial charge in [-0.2, -0.15) is 0 Å². The highest BCUT2D eigenvalue weighted by atomic mass is 16.5. The SMILES string of the molecule is CCC.CCC(C)C(C(CC=O)OC)N(C)C(=O)CN.COC(=O)CNC(=O)C(C)C(OC)C1CCCN1C.Cc1ccccc1. The third-order valence-electron chi connectivity index (χ3n) is 7.96. The number of likely N-dealkylation sites (tertiary alicyclic amines) is 1. The number of nitrogens with zero attached hydrogens (tertiary/aromatic N) is 2. The van der Waals surface area contributed by atoms with E-state index in [1.807, 2.05) is 46.0 Å². The lowest BCUT2D eigenvalue weighted by Gasteiger charge is -2.37. The van der Waals surface area contributed by atoms with Crippen LogP contribution >= 0.6 is 0 Å². The van der Waals surface area contributed by atoms with Gasteiger partial charge in [0.05, 0.1) is 37.8 Å². The van der Waals surface area contributed by atoms with E-state index < -0.39 is 5.97 Å². The summed E-state index contributed by atoms with van der Waals surface area (Å²) in [6.07, 6.45) is 4.98. The molecule has 0 saturated carbocycles. The average molecular weight is 653 g/mol. The predicted octanol–water partition coefficient (Wildman–Crippen LogP) is 3.85. The highest BCUT2D eigenvalue weighted by Crippen LogP contribution is 2.24. The number of ether oxygens (including phenoxy) is 3. The van der Waals surface area contributed by atoms with Crippen molar-refractivity contribution in [1.82, 2.24) is 15.1 Å². The number of nitrogens with one attached hydrogen (secondary N) is 1.